The SMILES string of the molecule is O=C(CCN(Cc1ccccc1)C(=O)c1cnccn1)N1CCN(Cc2ccccc2)CC1. The van der Waals surface area contributed by atoms with Crippen molar-refractivity contribution in [2.24, 2.45) is 0 Å². The van der Waals surface area contributed by atoms with Gasteiger partial charge in [-0.1, -0.05) is 60.7 Å². The molecular formula is C26H29N5O2. The predicted octanol–water partition coefficient (Wildman–Crippen LogP) is 2.85. The van der Waals surface area contributed by atoms with Crippen LogP contribution in [0.2, 0.25) is 0 Å². The summed E-state index contributed by atoms with van der Waals surface area (Å²) < 4.78 is 0. The van der Waals surface area contributed by atoms with E-state index in [4.69, 9.17) is 0 Å². The van der Waals surface area contributed by atoms with Crippen LogP contribution in [-0.4, -0.2) is 69.2 Å². The minimum atomic E-state index is -0.215. The first-order valence-corrected chi connectivity index (χ1v) is 11.3. The number of nitrogens with zero attached hydrogens (tertiary/aromatic N) is 5. The average Bonchev–Trinajstić information content (AvgIpc) is 2.88. The molecule has 2 amide bonds. The Labute approximate surface area is 194 Å². The van der Waals surface area contributed by atoms with Crippen LogP contribution in [0.3, 0.4) is 0 Å². The molecule has 1 aliphatic heterocycles. The minimum absolute atomic E-state index is 0.0827. The Bertz CT molecular complexity index is 1020. The molecule has 170 valence electrons. The van der Waals surface area contributed by atoms with E-state index in [1.165, 1.54) is 18.0 Å². The number of aromatic nitrogens is 2. The first-order chi connectivity index (χ1) is 16.2. The van der Waals surface area contributed by atoms with Crippen molar-refractivity contribution in [1.82, 2.24) is 24.7 Å². The molecule has 4 rings (SSSR count). The Morgan fingerprint density at radius 1 is 0.848 bits per heavy atom. The van der Waals surface area contributed by atoms with Gasteiger partial charge in [0.15, 0.2) is 0 Å². The standard InChI is InChI=1S/C26H29N5O2/c32-25(30-17-15-29(16-18-30)20-22-7-3-1-4-8-22)11-14-31(21-23-9-5-2-6-10-23)26(33)24-19-27-12-13-28-24/h1-10,12-13,19H,11,14-18,20-21H2. The van der Waals surface area contributed by atoms with Gasteiger partial charge >= 0.3 is 0 Å². The summed E-state index contributed by atoms with van der Waals surface area (Å²) in [5.74, 6) is -0.133. The minimum Gasteiger partial charge on any atom is -0.340 e. The number of piperazine rings is 1. The summed E-state index contributed by atoms with van der Waals surface area (Å²) in [4.78, 5) is 40.1. The van der Waals surface area contributed by atoms with Gasteiger partial charge in [-0.25, -0.2) is 4.98 Å². The molecule has 7 nitrogen and oxygen atoms in total. The first-order valence-electron chi connectivity index (χ1n) is 11.3. The van der Waals surface area contributed by atoms with Crippen molar-refractivity contribution in [3.05, 3.63) is 96.1 Å². The Morgan fingerprint density at radius 2 is 1.52 bits per heavy atom. The molecule has 0 spiro atoms. The van der Waals surface area contributed by atoms with Crippen LogP contribution in [0.25, 0.3) is 0 Å². The molecule has 3 aromatic rings. The van der Waals surface area contributed by atoms with Gasteiger partial charge in [0.25, 0.3) is 5.91 Å². The van der Waals surface area contributed by atoms with E-state index in [9.17, 15) is 9.59 Å². The molecule has 1 aliphatic rings. The second kappa shape index (κ2) is 11.3. The van der Waals surface area contributed by atoms with Gasteiger partial charge in [-0.05, 0) is 11.1 Å². The second-order valence-corrected chi connectivity index (χ2v) is 8.20. The van der Waals surface area contributed by atoms with Crippen molar-refractivity contribution < 1.29 is 9.59 Å². The number of benzene rings is 2. The fourth-order valence-corrected chi connectivity index (χ4v) is 4.01. The highest BCUT2D eigenvalue weighted by Crippen LogP contribution is 2.12. The van der Waals surface area contributed by atoms with Gasteiger partial charge in [0.1, 0.15) is 5.69 Å². The molecule has 2 aromatic carbocycles. The number of carbonyl (C=O) groups excluding carboxylic acids is 2. The maximum Gasteiger partial charge on any atom is 0.274 e. The van der Waals surface area contributed by atoms with Crippen molar-refractivity contribution in [1.29, 1.82) is 0 Å². The zero-order chi connectivity index (χ0) is 22.9. The monoisotopic (exact) mass is 443 g/mol. The molecular weight excluding hydrogens is 414 g/mol. The highest BCUT2D eigenvalue weighted by molar-refractivity contribution is 5.92. The van der Waals surface area contributed by atoms with E-state index in [1.54, 1.807) is 11.1 Å². The van der Waals surface area contributed by atoms with E-state index in [2.05, 4.69) is 39.1 Å². The van der Waals surface area contributed by atoms with E-state index >= 15 is 0 Å². The molecule has 1 aromatic heterocycles. The third-order valence-electron chi connectivity index (χ3n) is 5.86. The Hall–Kier alpha value is -3.58. The van der Waals surface area contributed by atoms with E-state index in [1.807, 2.05) is 41.3 Å². The van der Waals surface area contributed by atoms with E-state index in [0.29, 0.717) is 26.2 Å². The van der Waals surface area contributed by atoms with Gasteiger partial charge in [-0.2, -0.15) is 0 Å². The lowest BCUT2D eigenvalue weighted by Gasteiger charge is -2.35. The number of hydrogen-bond acceptors (Lipinski definition) is 5. The molecule has 7 heteroatoms. The van der Waals surface area contributed by atoms with Gasteiger partial charge in [0.05, 0.1) is 6.20 Å². The summed E-state index contributed by atoms with van der Waals surface area (Å²) in [7, 11) is 0. The van der Waals surface area contributed by atoms with Crippen molar-refractivity contribution in [3.8, 4) is 0 Å². The molecule has 1 fully saturated rings. The largest absolute Gasteiger partial charge is 0.340 e. The van der Waals surface area contributed by atoms with Gasteiger partial charge < -0.3 is 9.80 Å². The number of hydrogen-bond donors (Lipinski definition) is 0. The van der Waals surface area contributed by atoms with Crippen LogP contribution in [0, 0.1) is 0 Å². The summed E-state index contributed by atoms with van der Waals surface area (Å²) in [5, 5.41) is 0. The average molecular weight is 444 g/mol. The summed E-state index contributed by atoms with van der Waals surface area (Å²) in [5.41, 5.74) is 2.59. The molecule has 0 unspecified atom stereocenters. The van der Waals surface area contributed by atoms with Crippen molar-refractivity contribution in [2.45, 2.75) is 19.5 Å². The number of carbonyl (C=O) groups is 2. The van der Waals surface area contributed by atoms with Crippen LogP contribution in [0.5, 0.6) is 0 Å². The number of rotatable bonds is 8. The molecule has 0 aliphatic carbocycles. The van der Waals surface area contributed by atoms with Crippen LogP contribution in [0.1, 0.15) is 28.0 Å². The zero-order valence-electron chi connectivity index (χ0n) is 18.7. The van der Waals surface area contributed by atoms with E-state index < -0.39 is 0 Å². The first kappa shape index (κ1) is 22.6. The number of amides is 2. The van der Waals surface area contributed by atoms with Crippen LogP contribution in [-0.2, 0) is 17.9 Å². The molecule has 1 saturated heterocycles. The molecule has 2 heterocycles. The third-order valence-corrected chi connectivity index (χ3v) is 5.86. The highest BCUT2D eigenvalue weighted by atomic mass is 16.2. The third kappa shape index (κ3) is 6.46. The lowest BCUT2D eigenvalue weighted by Crippen LogP contribution is -2.49. The van der Waals surface area contributed by atoms with Crippen LogP contribution in [0.15, 0.2) is 79.3 Å². The normalized spacial score (nSPS) is 14.1. The van der Waals surface area contributed by atoms with Gasteiger partial charge in [0, 0.05) is 64.6 Å². The Balaban J connectivity index is 1.32. The van der Waals surface area contributed by atoms with Gasteiger partial charge in [-0.15, -0.1) is 0 Å². The predicted molar refractivity (Wildman–Crippen MR) is 126 cm³/mol. The fraction of sp³-hybridized carbons (Fsp3) is 0.308. The van der Waals surface area contributed by atoms with Crippen LogP contribution >= 0.6 is 0 Å². The molecule has 0 bridgehead atoms. The fourth-order valence-electron chi connectivity index (χ4n) is 4.01. The Kier molecular flexibility index (Phi) is 7.76. The van der Waals surface area contributed by atoms with Crippen LogP contribution < -0.4 is 0 Å². The lowest BCUT2D eigenvalue weighted by atomic mass is 10.2. The van der Waals surface area contributed by atoms with Crippen molar-refractivity contribution in [3.63, 3.8) is 0 Å². The second-order valence-electron chi connectivity index (χ2n) is 8.20. The van der Waals surface area contributed by atoms with Gasteiger partial charge in [0.2, 0.25) is 5.91 Å². The molecule has 33 heavy (non-hydrogen) atoms. The summed E-state index contributed by atoms with van der Waals surface area (Å²) in [6, 6.07) is 20.2. The summed E-state index contributed by atoms with van der Waals surface area (Å²) in [6.07, 6.45) is 4.80. The van der Waals surface area contributed by atoms with Gasteiger partial charge in [-0.3, -0.25) is 19.5 Å². The maximum atomic E-state index is 13.0. The summed E-state index contributed by atoms with van der Waals surface area (Å²) in [6.45, 7) is 4.80. The lowest BCUT2D eigenvalue weighted by molar-refractivity contribution is -0.133. The van der Waals surface area contributed by atoms with E-state index in [0.717, 1.165) is 25.2 Å². The smallest absolute Gasteiger partial charge is 0.274 e. The Morgan fingerprint density at radius 3 is 2.15 bits per heavy atom. The van der Waals surface area contributed by atoms with Crippen LogP contribution in [0.4, 0.5) is 0 Å². The molecule has 0 atom stereocenters. The molecule has 0 saturated carbocycles. The topological polar surface area (TPSA) is 69.6 Å². The highest BCUT2D eigenvalue weighted by Gasteiger charge is 2.23. The van der Waals surface area contributed by atoms with E-state index in [-0.39, 0.29) is 23.9 Å². The molecule has 0 radical (unpaired) electrons. The quantitative estimate of drug-likeness (QED) is 0.536. The van der Waals surface area contributed by atoms with Crippen molar-refractivity contribution >= 4 is 11.8 Å². The zero-order valence-corrected chi connectivity index (χ0v) is 18.7. The maximum absolute atomic E-state index is 13.0. The van der Waals surface area contributed by atoms with Crippen molar-refractivity contribution in [2.75, 3.05) is 32.7 Å². The summed E-state index contributed by atoms with van der Waals surface area (Å²) >= 11 is 0. The molecule has 0 N–H and O–H groups in total.